The highest BCUT2D eigenvalue weighted by atomic mass is 19.1. The molecule has 2 aromatic carbocycles. The summed E-state index contributed by atoms with van der Waals surface area (Å²) < 4.78 is 28.0. The zero-order valence-corrected chi connectivity index (χ0v) is 11.1. The summed E-state index contributed by atoms with van der Waals surface area (Å²) in [5, 5.41) is 7.75. The molecule has 0 amide bonds. The van der Waals surface area contributed by atoms with E-state index < -0.39 is 11.6 Å². The van der Waals surface area contributed by atoms with Gasteiger partial charge in [0.25, 0.3) is 0 Å². The molecule has 2 aromatic rings. The van der Waals surface area contributed by atoms with E-state index in [0.717, 1.165) is 5.56 Å². The average molecular weight is 285 g/mol. The van der Waals surface area contributed by atoms with E-state index in [2.05, 4.69) is 10.2 Å². The van der Waals surface area contributed by atoms with Crippen molar-refractivity contribution in [1.82, 2.24) is 0 Å². The summed E-state index contributed by atoms with van der Waals surface area (Å²) in [6, 6.07) is 13.1. The normalized spacial score (nSPS) is 18.1. The van der Waals surface area contributed by atoms with Crippen LogP contribution >= 0.6 is 0 Å². The second-order valence-corrected chi connectivity index (χ2v) is 4.84. The van der Waals surface area contributed by atoms with Crippen LogP contribution in [0.1, 0.15) is 23.5 Å². The number of amidine groups is 1. The minimum Gasteiger partial charge on any atom is -0.386 e. The third kappa shape index (κ3) is 2.54. The molecule has 1 atom stereocenters. The molecule has 3 nitrogen and oxygen atoms in total. The third-order valence-electron chi connectivity index (χ3n) is 3.45. The molecule has 5 heteroatoms. The van der Waals surface area contributed by atoms with Gasteiger partial charge in [-0.2, -0.15) is 5.10 Å². The monoisotopic (exact) mass is 285 g/mol. The van der Waals surface area contributed by atoms with Gasteiger partial charge < -0.3 is 5.73 Å². The van der Waals surface area contributed by atoms with Gasteiger partial charge in [-0.1, -0.05) is 36.4 Å². The molecule has 1 aliphatic heterocycles. The van der Waals surface area contributed by atoms with Gasteiger partial charge in [-0.25, -0.2) is 8.78 Å². The maximum atomic E-state index is 14.0. The van der Waals surface area contributed by atoms with Crippen molar-refractivity contribution in [3.05, 3.63) is 71.3 Å². The lowest BCUT2D eigenvalue weighted by molar-refractivity contribution is 0.576. The predicted molar refractivity (Wildman–Crippen MR) is 78.3 cm³/mol. The van der Waals surface area contributed by atoms with Crippen LogP contribution in [0, 0.1) is 11.6 Å². The Bertz CT molecular complexity index is 703. The maximum absolute atomic E-state index is 14.0. The molecular formula is C16H13F2N3. The molecule has 0 saturated carbocycles. The Morgan fingerprint density at radius 3 is 2.24 bits per heavy atom. The average Bonchev–Trinajstić information content (AvgIpc) is 2.49. The van der Waals surface area contributed by atoms with E-state index in [4.69, 9.17) is 5.73 Å². The van der Waals surface area contributed by atoms with Crippen LogP contribution in [0.4, 0.5) is 8.78 Å². The fraction of sp³-hybridized carbons (Fsp3) is 0.125. The lowest BCUT2D eigenvalue weighted by Gasteiger charge is -2.22. The van der Waals surface area contributed by atoms with E-state index in [0.29, 0.717) is 12.3 Å². The smallest absolute Gasteiger partial charge is 0.135 e. The second kappa shape index (κ2) is 5.44. The van der Waals surface area contributed by atoms with Gasteiger partial charge in [-0.3, -0.25) is 0 Å². The fourth-order valence-corrected chi connectivity index (χ4v) is 2.46. The Kier molecular flexibility index (Phi) is 3.48. The first kappa shape index (κ1) is 13.4. The first-order valence-corrected chi connectivity index (χ1v) is 6.56. The van der Waals surface area contributed by atoms with E-state index in [-0.39, 0.29) is 17.2 Å². The molecule has 1 aliphatic rings. The summed E-state index contributed by atoms with van der Waals surface area (Å²) in [7, 11) is 0. The van der Waals surface area contributed by atoms with Crippen LogP contribution in [0.2, 0.25) is 0 Å². The Morgan fingerprint density at radius 2 is 1.57 bits per heavy atom. The molecule has 0 aromatic heterocycles. The summed E-state index contributed by atoms with van der Waals surface area (Å²) >= 11 is 0. The quantitative estimate of drug-likeness (QED) is 0.905. The number of halogens is 2. The predicted octanol–water partition coefficient (Wildman–Crippen LogP) is 3.21. The SMILES string of the molecule is NC1=NN=C(c2c(F)cccc2F)C(c2ccccc2)C1. The molecule has 1 heterocycles. The molecule has 0 radical (unpaired) electrons. The van der Waals surface area contributed by atoms with Crippen LogP contribution in [-0.2, 0) is 0 Å². The number of nitrogens with zero attached hydrogens (tertiary/aromatic N) is 2. The summed E-state index contributed by atoms with van der Waals surface area (Å²) in [5.41, 5.74) is 6.77. The lowest BCUT2D eigenvalue weighted by atomic mass is 9.86. The van der Waals surface area contributed by atoms with E-state index >= 15 is 0 Å². The molecule has 21 heavy (non-hydrogen) atoms. The van der Waals surface area contributed by atoms with Gasteiger partial charge in [0.15, 0.2) is 0 Å². The molecule has 0 saturated heterocycles. The topological polar surface area (TPSA) is 50.7 Å². The van der Waals surface area contributed by atoms with Crippen molar-refractivity contribution < 1.29 is 8.78 Å². The van der Waals surface area contributed by atoms with Gasteiger partial charge in [0, 0.05) is 12.3 Å². The van der Waals surface area contributed by atoms with Crippen LogP contribution in [0.15, 0.2) is 58.7 Å². The van der Waals surface area contributed by atoms with Gasteiger partial charge in [-0.05, 0) is 17.7 Å². The van der Waals surface area contributed by atoms with Crippen LogP contribution < -0.4 is 5.73 Å². The Hall–Kier alpha value is -2.56. The number of rotatable bonds is 2. The van der Waals surface area contributed by atoms with Crippen LogP contribution in [0.25, 0.3) is 0 Å². The molecule has 0 bridgehead atoms. The molecule has 2 N–H and O–H groups in total. The fourth-order valence-electron chi connectivity index (χ4n) is 2.46. The zero-order valence-electron chi connectivity index (χ0n) is 11.1. The van der Waals surface area contributed by atoms with Gasteiger partial charge in [0.2, 0.25) is 0 Å². The van der Waals surface area contributed by atoms with Crippen molar-refractivity contribution in [3.63, 3.8) is 0 Å². The number of nitrogens with two attached hydrogens (primary N) is 1. The highest BCUT2D eigenvalue weighted by Crippen LogP contribution is 2.30. The van der Waals surface area contributed by atoms with Gasteiger partial charge in [0.1, 0.15) is 17.5 Å². The molecule has 0 spiro atoms. The summed E-state index contributed by atoms with van der Waals surface area (Å²) in [6.07, 6.45) is 0.386. The first-order valence-electron chi connectivity index (χ1n) is 6.56. The Balaban J connectivity index is 2.13. The molecule has 106 valence electrons. The highest BCUT2D eigenvalue weighted by molar-refractivity contribution is 6.09. The second-order valence-electron chi connectivity index (χ2n) is 4.84. The van der Waals surface area contributed by atoms with Gasteiger partial charge >= 0.3 is 0 Å². The van der Waals surface area contributed by atoms with E-state index in [1.165, 1.54) is 18.2 Å². The van der Waals surface area contributed by atoms with Crippen molar-refractivity contribution in [3.8, 4) is 0 Å². The maximum Gasteiger partial charge on any atom is 0.135 e. The third-order valence-corrected chi connectivity index (χ3v) is 3.45. The zero-order chi connectivity index (χ0) is 14.8. The Labute approximate surface area is 120 Å². The number of hydrogen-bond donors (Lipinski definition) is 1. The van der Waals surface area contributed by atoms with Crippen LogP contribution in [-0.4, -0.2) is 11.5 Å². The highest BCUT2D eigenvalue weighted by Gasteiger charge is 2.28. The van der Waals surface area contributed by atoms with E-state index in [9.17, 15) is 8.78 Å². The van der Waals surface area contributed by atoms with Crippen molar-refractivity contribution in [2.24, 2.45) is 15.9 Å². The van der Waals surface area contributed by atoms with E-state index in [1.807, 2.05) is 30.3 Å². The standard InChI is InChI=1S/C16H13F2N3/c17-12-7-4-8-13(18)15(12)16-11(9-14(19)20-21-16)10-5-2-1-3-6-10/h1-8,11H,9H2,(H2,19,20). The molecule has 0 fully saturated rings. The van der Waals surface area contributed by atoms with Gasteiger partial charge in [0.05, 0.1) is 11.3 Å². The van der Waals surface area contributed by atoms with Crippen molar-refractivity contribution in [2.75, 3.05) is 0 Å². The minimum absolute atomic E-state index is 0.136. The summed E-state index contributed by atoms with van der Waals surface area (Å²) in [6.45, 7) is 0. The van der Waals surface area contributed by atoms with Crippen molar-refractivity contribution in [2.45, 2.75) is 12.3 Å². The van der Waals surface area contributed by atoms with Crippen LogP contribution in [0.3, 0.4) is 0 Å². The molecular weight excluding hydrogens is 272 g/mol. The minimum atomic E-state index is -0.648. The molecule has 3 rings (SSSR count). The number of benzene rings is 2. The molecule has 0 aliphatic carbocycles. The van der Waals surface area contributed by atoms with E-state index in [1.54, 1.807) is 0 Å². The number of hydrogen-bond acceptors (Lipinski definition) is 3. The van der Waals surface area contributed by atoms with Gasteiger partial charge in [-0.15, -0.1) is 5.10 Å². The lowest BCUT2D eigenvalue weighted by Crippen LogP contribution is -2.27. The summed E-state index contributed by atoms with van der Waals surface area (Å²) in [5.74, 6) is -1.25. The summed E-state index contributed by atoms with van der Waals surface area (Å²) in [4.78, 5) is 0. The van der Waals surface area contributed by atoms with Crippen molar-refractivity contribution in [1.29, 1.82) is 0 Å². The largest absolute Gasteiger partial charge is 0.386 e. The Morgan fingerprint density at radius 1 is 0.905 bits per heavy atom. The van der Waals surface area contributed by atoms with Crippen molar-refractivity contribution >= 4 is 11.5 Å². The first-order chi connectivity index (χ1) is 10.2. The van der Waals surface area contributed by atoms with Crippen LogP contribution in [0.5, 0.6) is 0 Å². The molecule has 1 unspecified atom stereocenters.